The molecule has 15 heavy (non-hydrogen) atoms. The van der Waals surface area contributed by atoms with Crippen molar-refractivity contribution in [2.75, 3.05) is 0 Å². The van der Waals surface area contributed by atoms with E-state index in [0.29, 0.717) is 5.92 Å². The molecule has 0 unspecified atom stereocenters. The molecule has 1 aromatic carbocycles. The topological polar surface area (TPSA) is 0 Å². The Labute approximate surface area is 88.3 Å². The van der Waals surface area contributed by atoms with Crippen LogP contribution in [0.3, 0.4) is 0 Å². The van der Waals surface area contributed by atoms with Crippen LogP contribution in [0.15, 0.2) is 24.3 Å². The van der Waals surface area contributed by atoms with E-state index >= 15 is 0 Å². The Morgan fingerprint density at radius 1 is 1.27 bits per heavy atom. The molecule has 3 aliphatic carbocycles. The third kappa shape index (κ3) is 1.05. The number of alkyl halides is 2. The first kappa shape index (κ1) is 9.32. The molecular weight excluding hydrogens is 194 g/mol. The molecule has 80 valence electrons. The molecule has 0 aromatic heterocycles. The monoisotopic (exact) mass is 208 g/mol. The third-order valence-electron chi connectivity index (χ3n) is 4.08. The summed E-state index contributed by atoms with van der Waals surface area (Å²) in [5.74, 6) is -2.02. The Morgan fingerprint density at radius 3 is 2.40 bits per heavy atom. The van der Waals surface area contributed by atoms with Gasteiger partial charge in [0, 0.05) is 11.0 Å². The maximum Gasteiger partial charge on any atom is 0.278 e. The van der Waals surface area contributed by atoms with Crippen molar-refractivity contribution in [1.29, 1.82) is 0 Å². The first-order valence-electron chi connectivity index (χ1n) is 5.48. The Bertz CT molecular complexity index is 392. The van der Waals surface area contributed by atoms with Crippen LogP contribution < -0.4 is 0 Å². The van der Waals surface area contributed by atoms with Crippen LogP contribution >= 0.6 is 0 Å². The van der Waals surface area contributed by atoms with Crippen LogP contribution in [-0.4, -0.2) is 0 Å². The number of hydrogen-bond donors (Lipinski definition) is 0. The number of halogens is 2. The van der Waals surface area contributed by atoms with Gasteiger partial charge in [-0.25, -0.2) is 8.78 Å². The number of hydrogen-bond acceptors (Lipinski definition) is 0. The van der Waals surface area contributed by atoms with Crippen molar-refractivity contribution in [3.05, 3.63) is 35.4 Å². The molecule has 0 atom stereocenters. The summed E-state index contributed by atoms with van der Waals surface area (Å²) >= 11 is 0. The van der Waals surface area contributed by atoms with E-state index in [1.165, 1.54) is 0 Å². The van der Waals surface area contributed by atoms with Gasteiger partial charge in [-0.2, -0.15) is 0 Å². The summed E-state index contributed by atoms with van der Waals surface area (Å²) in [6.45, 7) is 1.86. The van der Waals surface area contributed by atoms with Gasteiger partial charge in [-0.05, 0) is 32.1 Å². The van der Waals surface area contributed by atoms with Gasteiger partial charge in [0.1, 0.15) is 0 Å². The molecule has 3 saturated carbocycles. The Kier molecular flexibility index (Phi) is 1.62. The van der Waals surface area contributed by atoms with E-state index in [1.54, 1.807) is 18.2 Å². The molecule has 2 heteroatoms. The predicted molar refractivity (Wildman–Crippen MR) is 54.8 cm³/mol. The van der Waals surface area contributed by atoms with E-state index in [0.717, 1.165) is 24.8 Å². The fourth-order valence-electron chi connectivity index (χ4n) is 3.01. The van der Waals surface area contributed by atoms with Crippen molar-refractivity contribution < 1.29 is 8.78 Å². The molecule has 3 aliphatic rings. The number of aryl methyl sites for hydroxylation is 1. The normalized spacial score (nSPS) is 33.1. The second kappa shape index (κ2) is 2.60. The molecule has 1 aromatic rings. The van der Waals surface area contributed by atoms with Crippen molar-refractivity contribution in [3.8, 4) is 0 Å². The Hall–Kier alpha value is -0.920. The maximum absolute atomic E-state index is 14.2. The summed E-state index contributed by atoms with van der Waals surface area (Å²) in [6.07, 6.45) is 2.19. The molecule has 4 rings (SSSR count). The molecule has 0 amide bonds. The van der Waals surface area contributed by atoms with Gasteiger partial charge in [-0.15, -0.1) is 0 Å². The van der Waals surface area contributed by atoms with Crippen LogP contribution in [0.25, 0.3) is 0 Å². The van der Waals surface area contributed by atoms with E-state index in [4.69, 9.17) is 0 Å². The predicted octanol–water partition coefficient (Wildman–Crippen LogP) is 3.89. The van der Waals surface area contributed by atoms with Gasteiger partial charge in [0.25, 0.3) is 5.92 Å². The molecule has 0 spiro atoms. The molecule has 0 nitrogen and oxygen atoms in total. The molecule has 0 aliphatic heterocycles. The smallest absolute Gasteiger partial charge is 0.201 e. The standard InChI is InChI=1S/C13H14F2/c1-9-3-2-4-11(5-9)13(14,15)12-6-10(7-12)8-12/h2-5,10H,6-8H2,1H3. The average molecular weight is 208 g/mol. The highest BCUT2D eigenvalue weighted by molar-refractivity contribution is 5.31. The summed E-state index contributed by atoms with van der Waals surface area (Å²) in [7, 11) is 0. The van der Waals surface area contributed by atoms with Gasteiger partial charge in [0.15, 0.2) is 0 Å². The minimum absolute atomic E-state index is 0.209. The lowest BCUT2D eigenvalue weighted by molar-refractivity contribution is -0.271. The zero-order chi connectivity index (χ0) is 10.7. The Balaban J connectivity index is 1.98. The lowest BCUT2D eigenvalue weighted by Gasteiger charge is -2.64. The molecule has 2 bridgehead atoms. The molecule has 0 radical (unpaired) electrons. The fourth-order valence-corrected chi connectivity index (χ4v) is 3.01. The van der Waals surface area contributed by atoms with Crippen LogP contribution in [0, 0.1) is 18.3 Å². The number of rotatable bonds is 2. The van der Waals surface area contributed by atoms with E-state index in [9.17, 15) is 8.78 Å². The molecular formula is C13H14F2. The number of benzene rings is 1. The van der Waals surface area contributed by atoms with Crippen molar-refractivity contribution in [3.63, 3.8) is 0 Å². The minimum atomic E-state index is -2.62. The lowest BCUT2D eigenvalue weighted by Crippen LogP contribution is -2.60. The van der Waals surface area contributed by atoms with Crippen LogP contribution in [0.5, 0.6) is 0 Å². The second-order valence-electron chi connectivity index (χ2n) is 5.20. The van der Waals surface area contributed by atoms with Crippen LogP contribution in [0.1, 0.15) is 30.4 Å². The van der Waals surface area contributed by atoms with Gasteiger partial charge in [0.05, 0.1) is 0 Å². The van der Waals surface area contributed by atoms with Crippen molar-refractivity contribution >= 4 is 0 Å². The van der Waals surface area contributed by atoms with E-state index in [2.05, 4.69) is 0 Å². The SMILES string of the molecule is Cc1cccc(C(F)(F)C23CC(C2)C3)c1. The van der Waals surface area contributed by atoms with Gasteiger partial charge in [-0.3, -0.25) is 0 Å². The fraction of sp³-hybridized carbons (Fsp3) is 0.538. The first-order valence-corrected chi connectivity index (χ1v) is 5.48. The van der Waals surface area contributed by atoms with E-state index < -0.39 is 11.3 Å². The summed E-state index contributed by atoms with van der Waals surface area (Å²) < 4.78 is 28.4. The van der Waals surface area contributed by atoms with Crippen LogP contribution in [0.2, 0.25) is 0 Å². The maximum atomic E-state index is 14.2. The zero-order valence-corrected chi connectivity index (χ0v) is 8.76. The van der Waals surface area contributed by atoms with Gasteiger partial charge >= 0.3 is 0 Å². The molecule has 0 saturated heterocycles. The zero-order valence-electron chi connectivity index (χ0n) is 8.76. The minimum Gasteiger partial charge on any atom is -0.201 e. The first-order chi connectivity index (χ1) is 7.03. The van der Waals surface area contributed by atoms with Crippen LogP contribution in [-0.2, 0) is 5.92 Å². The summed E-state index contributed by atoms with van der Waals surface area (Å²) in [4.78, 5) is 0. The van der Waals surface area contributed by atoms with Gasteiger partial charge in [-0.1, -0.05) is 29.8 Å². The van der Waals surface area contributed by atoms with Crippen LogP contribution in [0.4, 0.5) is 8.78 Å². The van der Waals surface area contributed by atoms with Gasteiger partial charge < -0.3 is 0 Å². The summed E-state index contributed by atoms with van der Waals surface area (Å²) in [6, 6.07) is 6.78. The van der Waals surface area contributed by atoms with E-state index in [-0.39, 0.29) is 5.56 Å². The Morgan fingerprint density at radius 2 is 1.93 bits per heavy atom. The second-order valence-corrected chi connectivity index (χ2v) is 5.20. The third-order valence-corrected chi connectivity index (χ3v) is 4.08. The highest BCUT2D eigenvalue weighted by Crippen LogP contribution is 2.73. The van der Waals surface area contributed by atoms with E-state index in [1.807, 2.05) is 13.0 Å². The van der Waals surface area contributed by atoms with Crippen molar-refractivity contribution in [2.45, 2.75) is 32.1 Å². The largest absolute Gasteiger partial charge is 0.278 e. The van der Waals surface area contributed by atoms with Gasteiger partial charge in [0.2, 0.25) is 0 Å². The average Bonchev–Trinajstić information content (AvgIpc) is 1.97. The summed E-state index contributed by atoms with van der Waals surface area (Å²) in [5.41, 5.74) is 0.449. The van der Waals surface area contributed by atoms with Crippen molar-refractivity contribution in [1.82, 2.24) is 0 Å². The molecule has 0 heterocycles. The summed E-state index contributed by atoms with van der Waals surface area (Å²) in [5, 5.41) is 0. The molecule has 3 fully saturated rings. The highest BCUT2D eigenvalue weighted by Gasteiger charge is 2.69. The highest BCUT2D eigenvalue weighted by atomic mass is 19.3. The quantitative estimate of drug-likeness (QED) is 0.691. The molecule has 0 N–H and O–H groups in total. The lowest BCUT2D eigenvalue weighted by atomic mass is 9.41. The van der Waals surface area contributed by atoms with Crippen molar-refractivity contribution in [2.24, 2.45) is 11.3 Å².